The fraction of sp³-hybridized carbons (Fsp3) is 0.407. The van der Waals surface area contributed by atoms with Crippen LogP contribution in [-0.2, 0) is 15.0 Å². The van der Waals surface area contributed by atoms with E-state index in [9.17, 15) is 14.7 Å². The Balaban J connectivity index is 2.11. The van der Waals surface area contributed by atoms with Crippen molar-refractivity contribution < 1.29 is 19.4 Å². The van der Waals surface area contributed by atoms with E-state index in [1.54, 1.807) is 36.3 Å². The maximum atomic E-state index is 13.1. The van der Waals surface area contributed by atoms with Gasteiger partial charge in [0.2, 0.25) is 0 Å². The number of hydrogen-bond acceptors (Lipinski definition) is 5. The van der Waals surface area contributed by atoms with Crippen molar-refractivity contribution in [2.75, 3.05) is 34.3 Å². The van der Waals surface area contributed by atoms with Gasteiger partial charge in [-0.05, 0) is 55.7 Å². The minimum absolute atomic E-state index is 0.0212. The van der Waals surface area contributed by atoms with Crippen molar-refractivity contribution >= 4 is 17.4 Å². The molecular formula is C27H34N2O4. The van der Waals surface area contributed by atoms with Crippen molar-refractivity contribution in [3.05, 3.63) is 70.8 Å². The molecule has 2 aromatic carbocycles. The second kappa shape index (κ2) is 9.79. The first-order chi connectivity index (χ1) is 15.5. The van der Waals surface area contributed by atoms with Crippen LogP contribution >= 0.6 is 0 Å². The molecule has 6 nitrogen and oxygen atoms in total. The van der Waals surface area contributed by atoms with Gasteiger partial charge in [0.05, 0.1) is 18.7 Å². The molecule has 33 heavy (non-hydrogen) atoms. The zero-order valence-corrected chi connectivity index (χ0v) is 20.4. The zero-order chi connectivity index (χ0) is 24.3. The summed E-state index contributed by atoms with van der Waals surface area (Å²) in [6.07, 6.45) is 0.718. The van der Waals surface area contributed by atoms with Crippen LogP contribution in [0.1, 0.15) is 49.9 Å². The van der Waals surface area contributed by atoms with Crippen LogP contribution in [0.2, 0.25) is 0 Å². The first-order valence-corrected chi connectivity index (χ1v) is 11.2. The van der Waals surface area contributed by atoms with Gasteiger partial charge in [-0.2, -0.15) is 0 Å². The number of amides is 1. The van der Waals surface area contributed by atoms with Crippen molar-refractivity contribution in [3.8, 4) is 5.75 Å². The lowest BCUT2D eigenvalue weighted by atomic mass is 9.85. The minimum Gasteiger partial charge on any atom is -0.507 e. The van der Waals surface area contributed by atoms with Gasteiger partial charge in [-0.25, -0.2) is 0 Å². The van der Waals surface area contributed by atoms with Crippen molar-refractivity contribution in [1.29, 1.82) is 0 Å². The van der Waals surface area contributed by atoms with Gasteiger partial charge in [0.25, 0.3) is 11.7 Å². The lowest BCUT2D eigenvalue weighted by molar-refractivity contribution is -0.139. The summed E-state index contributed by atoms with van der Waals surface area (Å²) in [4.78, 5) is 29.8. The fourth-order valence-corrected chi connectivity index (χ4v) is 4.11. The van der Waals surface area contributed by atoms with Crippen LogP contribution in [-0.4, -0.2) is 60.9 Å². The molecule has 0 aromatic heterocycles. The van der Waals surface area contributed by atoms with Gasteiger partial charge >= 0.3 is 0 Å². The van der Waals surface area contributed by atoms with Gasteiger partial charge in [0.1, 0.15) is 11.5 Å². The van der Waals surface area contributed by atoms with E-state index in [1.807, 2.05) is 43.3 Å². The number of ether oxygens (including phenoxy) is 1. The van der Waals surface area contributed by atoms with Crippen LogP contribution in [0.4, 0.5) is 0 Å². The van der Waals surface area contributed by atoms with E-state index >= 15 is 0 Å². The summed E-state index contributed by atoms with van der Waals surface area (Å²) in [5.41, 5.74) is 2.49. The highest BCUT2D eigenvalue weighted by atomic mass is 16.5. The Labute approximate surface area is 196 Å². The predicted octanol–water partition coefficient (Wildman–Crippen LogP) is 4.37. The summed E-state index contributed by atoms with van der Waals surface area (Å²) in [5, 5.41) is 11.2. The van der Waals surface area contributed by atoms with Crippen LogP contribution < -0.4 is 4.74 Å². The van der Waals surface area contributed by atoms with E-state index in [0.717, 1.165) is 24.1 Å². The molecule has 0 unspecified atom stereocenters. The van der Waals surface area contributed by atoms with Gasteiger partial charge in [-0.15, -0.1) is 0 Å². The van der Waals surface area contributed by atoms with Gasteiger partial charge in [-0.3, -0.25) is 9.59 Å². The third kappa shape index (κ3) is 5.28. The topological polar surface area (TPSA) is 70.1 Å². The molecule has 2 aromatic rings. The molecule has 6 heteroatoms. The lowest BCUT2D eigenvalue weighted by Crippen LogP contribution is -2.32. The Morgan fingerprint density at radius 2 is 1.76 bits per heavy atom. The SMILES string of the molecule is COc1cccc(/C(O)=C2\C(=O)C(=O)N(CCCN(C)C)[C@H]2c2ccc(C(C)(C)C)cc2)c1. The van der Waals surface area contributed by atoms with Crippen LogP contribution in [0.3, 0.4) is 0 Å². The van der Waals surface area contributed by atoms with E-state index in [1.165, 1.54) is 0 Å². The Bertz CT molecular complexity index is 1050. The summed E-state index contributed by atoms with van der Waals surface area (Å²) < 4.78 is 5.27. The van der Waals surface area contributed by atoms with Crippen LogP contribution in [0.15, 0.2) is 54.1 Å². The third-order valence-corrected chi connectivity index (χ3v) is 5.98. The van der Waals surface area contributed by atoms with E-state index < -0.39 is 17.7 Å². The molecule has 1 fully saturated rings. The molecule has 0 bridgehead atoms. The molecule has 0 saturated carbocycles. The van der Waals surface area contributed by atoms with Gasteiger partial charge in [-0.1, -0.05) is 57.2 Å². The number of Topliss-reactive ketones (excluding diaryl/α,β-unsaturated/α-hetero) is 1. The van der Waals surface area contributed by atoms with Crippen LogP contribution in [0, 0.1) is 0 Å². The average molecular weight is 451 g/mol. The van der Waals surface area contributed by atoms with Crippen molar-refractivity contribution in [3.63, 3.8) is 0 Å². The van der Waals surface area contributed by atoms with Crippen LogP contribution in [0.25, 0.3) is 5.76 Å². The van der Waals surface area contributed by atoms with E-state index in [-0.39, 0.29) is 16.7 Å². The first kappa shape index (κ1) is 24.5. The van der Waals surface area contributed by atoms with Crippen LogP contribution in [0.5, 0.6) is 5.75 Å². The number of aliphatic hydroxyl groups excluding tert-OH is 1. The quantitative estimate of drug-likeness (QED) is 0.385. The summed E-state index contributed by atoms with van der Waals surface area (Å²) >= 11 is 0. The molecule has 0 radical (unpaired) electrons. The lowest BCUT2D eigenvalue weighted by Gasteiger charge is -2.27. The molecule has 1 aliphatic heterocycles. The normalized spacial score (nSPS) is 18.3. The van der Waals surface area contributed by atoms with E-state index in [0.29, 0.717) is 17.9 Å². The highest BCUT2D eigenvalue weighted by molar-refractivity contribution is 6.46. The molecular weight excluding hydrogens is 416 g/mol. The number of carbonyl (C=O) groups excluding carboxylic acids is 2. The number of benzene rings is 2. The number of likely N-dealkylation sites (tertiary alicyclic amines) is 1. The van der Waals surface area contributed by atoms with E-state index in [4.69, 9.17) is 4.74 Å². The standard InChI is InChI=1S/C27H34N2O4/c1-27(2,3)20-13-11-18(12-14-20)23-22(24(30)19-9-7-10-21(17-19)33-6)25(31)26(32)29(23)16-8-15-28(4)5/h7,9-14,17,23,30H,8,15-16H2,1-6H3/b24-22+/t23-/m0/s1. The van der Waals surface area contributed by atoms with Crippen molar-refractivity contribution in [1.82, 2.24) is 9.80 Å². The monoisotopic (exact) mass is 450 g/mol. The average Bonchev–Trinajstić information content (AvgIpc) is 3.03. The number of methoxy groups -OCH3 is 1. The zero-order valence-electron chi connectivity index (χ0n) is 20.4. The third-order valence-electron chi connectivity index (χ3n) is 5.98. The number of nitrogens with zero attached hydrogens (tertiary/aromatic N) is 2. The van der Waals surface area contributed by atoms with Crippen molar-refractivity contribution in [2.45, 2.75) is 38.6 Å². The minimum atomic E-state index is -0.662. The molecule has 3 rings (SSSR count). The molecule has 1 amide bonds. The molecule has 1 saturated heterocycles. The molecule has 1 atom stereocenters. The van der Waals surface area contributed by atoms with Crippen molar-refractivity contribution in [2.24, 2.45) is 0 Å². The predicted molar refractivity (Wildman–Crippen MR) is 130 cm³/mol. The molecule has 1 N–H and O–H groups in total. The Morgan fingerprint density at radius 3 is 2.33 bits per heavy atom. The molecule has 176 valence electrons. The highest BCUT2D eigenvalue weighted by Crippen LogP contribution is 2.40. The van der Waals surface area contributed by atoms with E-state index in [2.05, 4.69) is 20.8 Å². The number of aliphatic hydroxyl groups is 1. The Kier molecular flexibility index (Phi) is 7.28. The number of rotatable bonds is 7. The number of carbonyl (C=O) groups is 2. The Morgan fingerprint density at radius 1 is 1.09 bits per heavy atom. The number of ketones is 1. The number of hydrogen-bond donors (Lipinski definition) is 1. The van der Waals surface area contributed by atoms with Gasteiger partial charge < -0.3 is 19.6 Å². The summed E-state index contributed by atoms with van der Waals surface area (Å²) in [5.74, 6) is -0.870. The summed E-state index contributed by atoms with van der Waals surface area (Å²) in [6.45, 7) is 7.62. The maximum absolute atomic E-state index is 13.1. The highest BCUT2D eigenvalue weighted by Gasteiger charge is 2.45. The van der Waals surface area contributed by atoms with Gasteiger partial charge in [0, 0.05) is 12.1 Å². The molecule has 0 aliphatic carbocycles. The maximum Gasteiger partial charge on any atom is 0.295 e. The largest absolute Gasteiger partial charge is 0.507 e. The molecule has 1 heterocycles. The molecule has 1 aliphatic rings. The fourth-order valence-electron chi connectivity index (χ4n) is 4.11. The Hall–Kier alpha value is -3.12. The van der Waals surface area contributed by atoms with Gasteiger partial charge in [0.15, 0.2) is 0 Å². The second-order valence-electron chi connectivity index (χ2n) is 9.75. The second-order valence-corrected chi connectivity index (χ2v) is 9.75. The smallest absolute Gasteiger partial charge is 0.295 e. The summed E-state index contributed by atoms with van der Waals surface area (Å²) in [7, 11) is 5.48. The first-order valence-electron chi connectivity index (χ1n) is 11.2. The molecule has 0 spiro atoms. The summed E-state index contributed by atoms with van der Waals surface area (Å²) in [6, 6.07) is 14.2.